The molecule has 1 aliphatic heterocycles. The van der Waals surface area contributed by atoms with Crippen molar-refractivity contribution in [1.82, 2.24) is 14.5 Å². The van der Waals surface area contributed by atoms with Gasteiger partial charge in [-0.1, -0.05) is 23.4 Å². The van der Waals surface area contributed by atoms with Gasteiger partial charge in [-0.2, -0.15) is 0 Å². The summed E-state index contributed by atoms with van der Waals surface area (Å²) in [6, 6.07) is 7.28. The molecule has 1 aromatic carbocycles. The number of carbonyl (C=O) groups excluding carboxylic acids is 1. The lowest BCUT2D eigenvalue weighted by molar-refractivity contribution is -0.117. The monoisotopic (exact) mass is 447 g/mol. The summed E-state index contributed by atoms with van der Waals surface area (Å²) in [7, 11) is 2.10. The maximum atomic E-state index is 13.6. The Labute approximate surface area is 182 Å². The zero-order valence-corrected chi connectivity index (χ0v) is 18.8. The molecule has 0 spiro atoms. The minimum absolute atomic E-state index is 0.0200. The number of fused-ring (bicyclic) bond motifs is 3. The van der Waals surface area contributed by atoms with Crippen molar-refractivity contribution in [1.29, 1.82) is 0 Å². The number of benzene rings is 1. The van der Waals surface area contributed by atoms with Crippen LogP contribution in [0.1, 0.15) is 30.2 Å². The van der Waals surface area contributed by atoms with Gasteiger partial charge in [0.15, 0.2) is 5.16 Å². The van der Waals surface area contributed by atoms with E-state index in [-0.39, 0.29) is 11.3 Å². The van der Waals surface area contributed by atoms with E-state index in [4.69, 9.17) is 16.6 Å². The number of thiophene rings is 1. The second kappa shape index (κ2) is 8.60. The number of rotatable bonds is 6. The highest BCUT2D eigenvalue weighted by Gasteiger charge is 2.24. The van der Waals surface area contributed by atoms with Crippen LogP contribution in [0.15, 0.2) is 34.2 Å². The van der Waals surface area contributed by atoms with Crippen molar-refractivity contribution < 1.29 is 4.79 Å². The molecule has 0 fully saturated rings. The predicted octanol–water partition coefficient (Wildman–Crippen LogP) is 4.55. The first-order chi connectivity index (χ1) is 13.9. The maximum Gasteiger partial charge on any atom is 0.267 e. The molecule has 0 radical (unpaired) electrons. The molecule has 0 bridgehead atoms. The van der Waals surface area contributed by atoms with Gasteiger partial charge in [-0.3, -0.25) is 9.36 Å². The Morgan fingerprint density at radius 1 is 1.31 bits per heavy atom. The number of thioether (sulfide) groups is 1. The Bertz CT molecular complexity index is 1120. The molecule has 1 aliphatic rings. The molecule has 0 amide bonds. The summed E-state index contributed by atoms with van der Waals surface area (Å²) in [5.41, 5.74) is 1.89. The van der Waals surface area contributed by atoms with Crippen LogP contribution in [-0.2, 0) is 17.8 Å². The molecule has 3 heterocycles. The average molecular weight is 448 g/mol. The van der Waals surface area contributed by atoms with E-state index in [1.807, 2.05) is 12.1 Å². The highest BCUT2D eigenvalue weighted by molar-refractivity contribution is 7.99. The second-order valence-electron chi connectivity index (χ2n) is 7.34. The Morgan fingerprint density at radius 2 is 2.07 bits per heavy atom. The molecule has 5 nitrogen and oxygen atoms in total. The van der Waals surface area contributed by atoms with Crippen molar-refractivity contribution in [3.63, 3.8) is 0 Å². The number of aromatic nitrogens is 2. The quantitative estimate of drug-likeness (QED) is 0.315. The van der Waals surface area contributed by atoms with Crippen LogP contribution < -0.4 is 5.56 Å². The Hall–Kier alpha value is -1.67. The summed E-state index contributed by atoms with van der Waals surface area (Å²) >= 11 is 9.21. The smallest absolute Gasteiger partial charge is 0.267 e. The van der Waals surface area contributed by atoms with E-state index in [1.165, 1.54) is 16.6 Å². The zero-order valence-electron chi connectivity index (χ0n) is 16.4. The first-order valence-electron chi connectivity index (χ1n) is 9.58. The lowest BCUT2D eigenvalue weighted by atomic mass is 10.1. The van der Waals surface area contributed by atoms with Crippen molar-refractivity contribution >= 4 is 50.7 Å². The molecule has 0 saturated heterocycles. The van der Waals surface area contributed by atoms with Gasteiger partial charge in [-0.05, 0) is 56.6 Å². The molecule has 0 unspecified atom stereocenters. The predicted molar refractivity (Wildman–Crippen MR) is 121 cm³/mol. The average Bonchev–Trinajstić information content (AvgIpc) is 3.03. The molecule has 8 heteroatoms. The topological polar surface area (TPSA) is 55.2 Å². The molecular weight excluding hydrogens is 426 g/mol. The summed E-state index contributed by atoms with van der Waals surface area (Å²) < 4.78 is 1.70. The van der Waals surface area contributed by atoms with Gasteiger partial charge in [0.1, 0.15) is 10.6 Å². The van der Waals surface area contributed by atoms with Crippen molar-refractivity contribution in [2.24, 2.45) is 0 Å². The fourth-order valence-corrected chi connectivity index (χ4v) is 5.97. The zero-order chi connectivity index (χ0) is 20.5. The van der Waals surface area contributed by atoms with Gasteiger partial charge in [-0.15, -0.1) is 11.3 Å². The first-order valence-corrected chi connectivity index (χ1v) is 11.8. The summed E-state index contributed by atoms with van der Waals surface area (Å²) in [5.74, 6) is 0.915. The molecule has 0 aliphatic carbocycles. The van der Waals surface area contributed by atoms with Crippen molar-refractivity contribution in [3.8, 4) is 5.69 Å². The number of hydrogen-bond donors (Lipinski definition) is 0. The van der Waals surface area contributed by atoms with Crippen LogP contribution in [0.2, 0.25) is 5.02 Å². The molecule has 2 aromatic heterocycles. The SMILES string of the molecule is CC(=O)CCCSc1nc2sc3c(c2c(=O)n1-c1ccc(Cl)cc1)CCN(C)C3. The molecule has 152 valence electrons. The lowest BCUT2D eigenvalue weighted by Gasteiger charge is -2.21. The van der Waals surface area contributed by atoms with E-state index in [1.54, 1.807) is 35.0 Å². The second-order valence-corrected chi connectivity index (χ2v) is 9.92. The van der Waals surface area contributed by atoms with Crippen LogP contribution in [0.25, 0.3) is 15.9 Å². The molecule has 29 heavy (non-hydrogen) atoms. The third-order valence-electron chi connectivity index (χ3n) is 5.02. The highest BCUT2D eigenvalue weighted by Crippen LogP contribution is 2.34. The minimum atomic E-state index is -0.0200. The molecular formula is C21H22ClN3O2S2. The van der Waals surface area contributed by atoms with E-state index in [9.17, 15) is 9.59 Å². The van der Waals surface area contributed by atoms with E-state index in [0.717, 1.165) is 53.2 Å². The Morgan fingerprint density at radius 3 is 2.79 bits per heavy atom. The van der Waals surface area contributed by atoms with Gasteiger partial charge < -0.3 is 9.69 Å². The van der Waals surface area contributed by atoms with Gasteiger partial charge in [0, 0.05) is 35.2 Å². The van der Waals surface area contributed by atoms with Crippen LogP contribution in [0.5, 0.6) is 0 Å². The number of nitrogens with zero attached hydrogens (tertiary/aromatic N) is 3. The largest absolute Gasteiger partial charge is 0.301 e. The number of carbonyl (C=O) groups is 1. The third kappa shape index (κ3) is 4.28. The van der Waals surface area contributed by atoms with Crippen LogP contribution in [-0.4, -0.2) is 39.6 Å². The fourth-order valence-electron chi connectivity index (χ4n) is 3.55. The lowest BCUT2D eigenvalue weighted by Crippen LogP contribution is -2.27. The molecule has 0 atom stereocenters. The van der Waals surface area contributed by atoms with E-state index in [2.05, 4.69) is 11.9 Å². The number of ketones is 1. The van der Waals surface area contributed by atoms with E-state index < -0.39 is 0 Å². The van der Waals surface area contributed by atoms with Crippen molar-refractivity contribution in [2.75, 3.05) is 19.3 Å². The molecule has 0 N–H and O–H groups in total. The number of Topliss-reactive ketones (excluding diaryl/α,β-unsaturated/α-hetero) is 1. The highest BCUT2D eigenvalue weighted by atomic mass is 35.5. The molecule has 3 aromatic rings. The van der Waals surface area contributed by atoms with Crippen molar-refractivity contribution in [2.45, 2.75) is 37.9 Å². The van der Waals surface area contributed by atoms with E-state index in [0.29, 0.717) is 16.6 Å². The van der Waals surface area contributed by atoms with Crippen LogP contribution in [0, 0.1) is 0 Å². The Kier molecular flexibility index (Phi) is 6.11. The van der Waals surface area contributed by atoms with E-state index >= 15 is 0 Å². The summed E-state index contributed by atoms with van der Waals surface area (Å²) in [6.07, 6.45) is 2.18. The van der Waals surface area contributed by atoms with Gasteiger partial charge in [0.2, 0.25) is 0 Å². The number of hydrogen-bond acceptors (Lipinski definition) is 6. The third-order valence-corrected chi connectivity index (χ3v) is 7.41. The standard InChI is InChI=1S/C21H22ClN3O2S2/c1-13(26)4-3-11-28-21-23-19-18(16-9-10-24(2)12-17(16)29-19)20(27)25(21)15-7-5-14(22)6-8-15/h5-8H,3-4,9-12H2,1-2H3. The van der Waals surface area contributed by atoms with Crippen molar-refractivity contribution in [3.05, 3.63) is 50.1 Å². The first kappa shape index (κ1) is 20.6. The summed E-state index contributed by atoms with van der Waals surface area (Å²) in [4.78, 5) is 34.1. The van der Waals surface area contributed by atoms with Gasteiger partial charge in [0.25, 0.3) is 5.56 Å². The fraction of sp³-hybridized carbons (Fsp3) is 0.381. The van der Waals surface area contributed by atoms with Crippen LogP contribution in [0.3, 0.4) is 0 Å². The molecule has 4 rings (SSSR count). The Balaban J connectivity index is 1.83. The number of likely N-dealkylation sites (N-methyl/N-ethyl adjacent to an activating group) is 1. The number of halogens is 1. The van der Waals surface area contributed by atoms with Crippen LogP contribution >= 0.6 is 34.7 Å². The minimum Gasteiger partial charge on any atom is -0.301 e. The van der Waals surface area contributed by atoms with Gasteiger partial charge >= 0.3 is 0 Å². The van der Waals surface area contributed by atoms with Crippen LogP contribution in [0.4, 0.5) is 0 Å². The van der Waals surface area contributed by atoms with Gasteiger partial charge in [-0.25, -0.2) is 4.98 Å². The normalized spacial score (nSPS) is 14.3. The van der Waals surface area contributed by atoms with Gasteiger partial charge in [0.05, 0.1) is 11.1 Å². The summed E-state index contributed by atoms with van der Waals surface area (Å²) in [6.45, 7) is 3.41. The summed E-state index contributed by atoms with van der Waals surface area (Å²) in [5, 5.41) is 2.05. The molecule has 0 saturated carbocycles. The maximum absolute atomic E-state index is 13.6.